The number of nitrogens with one attached hydrogen (secondary N) is 1. The van der Waals surface area contributed by atoms with Crippen LogP contribution in [0.15, 0.2) is 12.5 Å². The van der Waals surface area contributed by atoms with Crippen molar-refractivity contribution in [1.29, 1.82) is 0 Å². The molecule has 0 spiro atoms. The SMILES string of the molecule is Cn1cncc1C(=O)N1CCCNC(=O)C1. The van der Waals surface area contributed by atoms with Gasteiger partial charge in [-0.05, 0) is 6.42 Å². The predicted molar refractivity (Wildman–Crippen MR) is 56.7 cm³/mol. The molecule has 1 saturated heterocycles. The summed E-state index contributed by atoms with van der Waals surface area (Å²) in [7, 11) is 1.76. The minimum Gasteiger partial charge on any atom is -0.354 e. The Morgan fingerprint density at radius 1 is 1.56 bits per heavy atom. The van der Waals surface area contributed by atoms with E-state index in [0.717, 1.165) is 6.42 Å². The van der Waals surface area contributed by atoms with Gasteiger partial charge in [0.05, 0.1) is 19.1 Å². The van der Waals surface area contributed by atoms with Crippen LogP contribution in [0, 0.1) is 0 Å². The van der Waals surface area contributed by atoms with E-state index in [2.05, 4.69) is 10.3 Å². The van der Waals surface area contributed by atoms with Gasteiger partial charge in [-0.25, -0.2) is 4.98 Å². The second-order valence-corrected chi connectivity index (χ2v) is 3.82. The number of carbonyl (C=O) groups is 2. The van der Waals surface area contributed by atoms with Crippen molar-refractivity contribution in [2.75, 3.05) is 19.6 Å². The monoisotopic (exact) mass is 222 g/mol. The van der Waals surface area contributed by atoms with Crippen LogP contribution in [0.4, 0.5) is 0 Å². The summed E-state index contributed by atoms with van der Waals surface area (Å²) in [6.07, 6.45) is 3.88. The van der Waals surface area contributed by atoms with Crippen molar-refractivity contribution in [1.82, 2.24) is 19.8 Å². The van der Waals surface area contributed by atoms with Crippen LogP contribution >= 0.6 is 0 Å². The molecule has 0 bridgehead atoms. The standard InChI is InChI=1S/C10H14N4O2/c1-13-7-11-5-8(13)10(16)14-4-2-3-12-9(15)6-14/h5,7H,2-4,6H2,1H3,(H,12,15). The Bertz CT molecular complexity index is 413. The van der Waals surface area contributed by atoms with E-state index in [-0.39, 0.29) is 18.4 Å². The molecule has 6 heteroatoms. The number of aromatic nitrogens is 2. The van der Waals surface area contributed by atoms with E-state index in [1.807, 2.05) is 0 Å². The van der Waals surface area contributed by atoms with Gasteiger partial charge in [-0.15, -0.1) is 0 Å². The van der Waals surface area contributed by atoms with E-state index >= 15 is 0 Å². The minimum atomic E-state index is -0.142. The topological polar surface area (TPSA) is 67.2 Å². The molecule has 16 heavy (non-hydrogen) atoms. The predicted octanol–water partition coefficient (Wildman–Crippen LogP) is -0.618. The van der Waals surface area contributed by atoms with Crippen LogP contribution in [-0.4, -0.2) is 45.9 Å². The summed E-state index contributed by atoms with van der Waals surface area (Å²) in [5.74, 6) is -0.245. The number of rotatable bonds is 1. The number of hydrogen-bond donors (Lipinski definition) is 1. The highest BCUT2D eigenvalue weighted by Crippen LogP contribution is 2.05. The fourth-order valence-electron chi connectivity index (χ4n) is 1.70. The molecule has 1 aliphatic rings. The second-order valence-electron chi connectivity index (χ2n) is 3.82. The third-order valence-corrected chi connectivity index (χ3v) is 2.58. The molecule has 86 valence electrons. The van der Waals surface area contributed by atoms with Crippen molar-refractivity contribution >= 4 is 11.8 Å². The van der Waals surface area contributed by atoms with E-state index in [0.29, 0.717) is 18.8 Å². The summed E-state index contributed by atoms with van der Waals surface area (Å²) in [4.78, 5) is 28.8. The number of hydrogen-bond acceptors (Lipinski definition) is 3. The number of aryl methyl sites for hydroxylation is 1. The molecule has 1 aromatic rings. The van der Waals surface area contributed by atoms with Crippen LogP contribution in [0.1, 0.15) is 16.9 Å². The van der Waals surface area contributed by atoms with Crippen molar-refractivity contribution in [2.45, 2.75) is 6.42 Å². The molecule has 6 nitrogen and oxygen atoms in total. The Balaban J connectivity index is 2.15. The molecule has 1 aromatic heterocycles. The third kappa shape index (κ3) is 2.05. The molecule has 0 radical (unpaired) electrons. The van der Waals surface area contributed by atoms with Gasteiger partial charge in [0.1, 0.15) is 5.69 Å². The highest BCUT2D eigenvalue weighted by Gasteiger charge is 2.22. The highest BCUT2D eigenvalue weighted by atomic mass is 16.2. The van der Waals surface area contributed by atoms with Gasteiger partial charge in [-0.2, -0.15) is 0 Å². The summed E-state index contributed by atoms with van der Waals surface area (Å²) >= 11 is 0. The third-order valence-electron chi connectivity index (χ3n) is 2.58. The zero-order valence-electron chi connectivity index (χ0n) is 9.14. The number of carbonyl (C=O) groups excluding carboxylic acids is 2. The minimum absolute atomic E-state index is 0.104. The van der Waals surface area contributed by atoms with Crippen LogP contribution < -0.4 is 5.32 Å². The summed E-state index contributed by atoms with van der Waals surface area (Å²) < 4.78 is 1.66. The summed E-state index contributed by atoms with van der Waals surface area (Å²) in [6, 6.07) is 0. The molecule has 1 aliphatic heterocycles. The highest BCUT2D eigenvalue weighted by molar-refractivity contribution is 5.95. The van der Waals surface area contributed by atoms with Gasteiger partial charge in [0.2, 0.25) is 5.91 Å². The van der Waals surface area contributed by atoms with E-state index in [9.17, 15) is 9.59 Å². The molecule has 1 fully saturated rings. The lowest BCUT2D eigenvalue weighted by atomic mass is 10.3. The Kier molecular flexibility index (Phi) is 2.89. The smallest absolute Gasteiger partial charge is 0.272 e. The van der Waals surface area contributed by atoms with Crippen molar-refractivity contribution < 1.29 is 9.59 Å². The number of imidazole rings is 1. The maximum absolute atomic E-state index is 12.1. The first-order chi connectivity index (χ1) is 7.68. The zero-order chi connectivity index (χ0) is 11.5. The molecule has 0 atom stereocenters. The van der Waals surface area contributed by atoms with Crippen LogP contribution in [0.3, 0.4) is 0 Å². The molecule has 2 rings (SSSR count). The van der Waals surface area contributed by atoms with Gasteiger partial charge in [-0.3, -0.25) is 9.59 Å². The van der Waals surface area contributed by atoms with Crippen LogP contribution in [-0.2, 0) is 11.8 Å². The Labute approximate surface area is 93.3 Å². The van der Waals surface area contributed by atoms with E-state index < -0.39 is 0 Å². The molecule has 0 aliphatic carbocycles. The zero-order valence-corrected chi connectivity index (χ0v) is 9.14. The summed E-state index contributed by atoms with van der Waals surface area (Å²) in [5.41, 5.74) is 0.509. The maximum Gasteiger partial charge on any atom is 0.272 e. The maximum atomic E-state index is 12.1. The quantitative estimate of drug-likeness (QED) is 0.688. The van der Waals surface area contributed by atoms with Gasteiger partial charge >= 0.3 is 0 Å². The van der Waals surface area contributed by atoms with Crippen LogP contribution in [0.2, 0.25) is 0 Å². The number of amides is 2. The Morgan fingerprint density at radius 2 is 2.38 bits per heavy atom. The van der Waals surface area contributed by atoms with Gasteiger partial charge < -0.3 is 14.8 Å². The van der Waals surface area contributed by atoms with Crippen molar-refractivity contribution in [2.24, 2.45) is 7.05 Å². The van der Waals surface area contributed by atoms with E-state index in [1.54, 1.807) is 22.8 Å². The average molecular weight is 222 g/mol. The first-order valence-corrected chi connectivity index (χ1v) is 5.21. The molecule has 2 amide bonds. The average Bonchev–Trinajstić information content (AvgIpc) is 2.55. The van der Waals surface area contributed by atoms with Crippen molar-refractivity contribution in [3.63, 3.8) is 0 Å². The lowest BCUT2D eigenvalue weighted by Crippen LogP contribution is -2.38. The summed E-state index contributed by atoms with van der Waals surface area (Å²) in [6.45, 7) is 1.36. The van der Waals surface area contributed by atoms with E-state index in [1.165, 1.54) is 6.20 Å². The van der Waals surface area contributed by atoms with Gasteiger partial charge in [0.15, 0.2) is 0 Å². The molecule has 1 N–H and O–H groups in total. The molecule has 0 unspecified atom stereocenters. The molecule has 0 aromatic carbocycles. The van der Waals surface area contributed by atoms with Gasteiger partial charge in [0.25, 0.3) is 5.91 Å². The van der Waals surface area contributed by atoms with Crippen molar-refractivity contribution in [3.05, 3.63) is 18.2 Å². The molecular weight excluding hydrogens is 208 g/mol. The second kappa shape index (κ2) is 4.34. The Hall–Kier alpha value is -1.85. The fraction of sp³-hybridized carbons (Fsp3) is 0.500. The Morgan fingerprint density at radius 3 is 3.06 bits per heavy atom. The normalized spacial score (nSPS) is 16.8. The molecular formula is C10H14N4O2. The van der Waals surface area contributed by atoms with Gasteiger partial charge in [-0.1, -0.05) is 0 Å². The first-order valence-electron chi connectivity index (χ1n) is 5.21. The lowest BCUT2D eigenvalue weighted by molar-refractivity contribution is -0.121. The van der Waals surface area contributed by atoms with Crippen molar-refractivity contribution in [3.8, 4) is 0 Å². The largest absolute Gasteiger partial charge is 0.354 e. The van der Waals surface area contributed by atoms with E-state index in [4.69, 9.17) is 0 Å². The lowest BCUT2D eigenvalue weighted by Gasteiger charge is -2.18. The van der Waals surface area contributed by atoms with Crippen LogP contribution in [0.5, 0.6) is 0 Å². The molecule has 0 saturated carbocycles. The molecule has 2 heterocycles. The van der Waals surface area contributed by atoms with Gasteiger partial charge in [0, 0.05) is 20.1 Å². The number of nitrogens with zero attached hydrogens (tertiary/aromatic N) is 3. The first kappa shape index (κ1) is 10.7. The summed E-state index contributed by atoms with van der Waals surface area (Å²) in [5, 5.41) is 2.73. The fourth-order valence-corrected chi connectivity index (χ4v) is 1.70. The van der Waals surface area contributed by atoms with Crippen LogP contribution in [0.25, 0.3) is 0 Å².